The summed E-state index contributed by atoms with van der Waals surface area (Å²) in [5, 5.41) is 17.4. The molecule has 0 aliphatic carbocycles. The van der Waals surface area contributed by atoms with Crippen LogP contribution < -0.4 is 5.32 Å². The predicted octanol–water partition coefficient (Wildman–Crippen LogP) is 4.32. The molecule has 6 nitrogen and oxygen atoms in total. The minimum absolute atomic E-state index is 0.149. The molecule has 0 saturated heterocycles. The number of hydrogen-bond acceptors (Lipinski definition) is 4. The van der Waals surface area contributed by atoms with Gasteiger partial charge in [-0.05, 0) is 30.7 Å². The van der Waals surface area contributed by atoms with Gasteiger partial charge in [0.15, 0.2) is 0 Å². The number of carbonyl (C=O) groups is 1. The number of para-hydroxylation sites is 1. The molecule has 0 bridgehead atoms. The summed E-state index contributed by atoms with van der Waals surface area (Å²) < 4.78 is 1.78. The number of carboxylic acid groups (broad SMARTS) is 1. The highest BCUT2D eigenvalue weighted by Gasteiger charge is 2.22. The first-order chi connectivity index (χ1) is 12.3. The van der Waals surface area contributed by atoms with Crippen molar-refractivity contribution in [1.29, 1.82) is 0 Å². The summed E-state index contributed by atoms with van der Waals surface area (Å²) in [4.78, 5) is 15.7. The van der Waals surface area contributed by atoms with Crippen LogP contribution in [0.2, 0.25) is 0 Å². The summed E-state index contributed by atoms with van der Waals surface area (Å²) in [6.45, 7) is 8.25. The van der Waals surface area contributed by atoms with Crippen molar-refractivity contribution in [3.8, 4) is 5.69 Å². The molecule has 0 fully saturated rings. The van der Waals surface area contributed by atoms with E-state index in [-0.39, 0.29) is 11.0 Å². The summed E-state index contributed by atoms with van der Waals surface area (Å²) in [5.41, 5.74) is 3.35. The lowest BCUT2D eigenvalue weighted by Crippen LogP contribution is -2.13. The normalized spacial score (nSPS) is 11.4. The quantitative estimate of drug-likeness (QED) is 0.733. The SMILES string of the molecule is Cc1ccncc1-n1nc(C(C)(C)C)cc1Nc1ccccc1C(=O)O. The molecule has 0 atom stereocenters. The van der Waals surface area contributed by atoms with Crippen LogP contribution in [0.5, 0.6) is 0 Å². The van der Waals surface area contributed by atoms with Crippen molar-refractivity contribution in [3.63, 3.8) is 0 Å². The van der Waals surface area contributed by atoms with Crippen LogP contribution in [0.4, 0.5) is 11.5 Å². The van der Waals surface area contributed by atoms with Crippen LogP contribution in [-0.4, -0.2) is 25.8 Å². The number of anilines is 2. The third-order valence-corrected chi connectivity index (χ3v) is 4.14. The first-order valence-electron chi connectivity index (χ1n) is 8.38. The molecule has 0 saturated carbocycles. The van der Waals surface area contributed by atoms with Crippen LogP contribution in [0.1, 0.15) is 42.4 Å². The van der Waals surface area contributed by atoms with Gasteiger partial charge in [0.1, 0.15) is 5.82 Å². The zero-order valence-electron chi connectivity index (χ0n) is 15.3. The lowest BCUT2D eigenvalue weighted by Gasteiger charge is -2.14. The summed E-state index contributed by atoms with van der Waals surface area (Å²) in [6.07, 6.45) is 3.49. The largest absolute Gasteiger partial charge is 0.478 e. The Balaban J connectivity index is 2.14. The Hall–Kier alpha value is -3.15. The zero-order valence-corrected chi connectivity index (χ0v) is 15.3. The maximum Gasteiger partial charge on any atom is 0.337 e. The Morgan fingerprint density at radius 3 is 2.58 bits per heavy atom. The molecule has 2 aromatic heterocycles. The van der Waals surface area contributed by atoms with Crippen molar-refractivity contribution in [2.24, 2.45) is 0 Å². The molecule has 26 heavy (non-hydrogen) atoms. The maximum atomic E-state index is 11.5. The molecule has 3 aromatic rings. The van der Waals surface area contributed by atoms with Gasteiger partial charge >= 0.3 is 5.97 Å². The molecule has 3 rings (SSSR count). The Morgan fingerprint density at radius 1 is 1.19 bits per heavy atom. The van der Waals surface area contributed by atoms with E-state index in [9.17, 15) is 9.90 Å². The van der Waals surface area contributed by atoms with Crippen molar-refractivity contribution in [1.82, 2.24) is 14.8 Å². The van der Waals surface area contributed by atoms with E-state index in [0.29, 0.717) is 11.5 Å². The highest BCUT2D eigenvalue weighted by molar-refractivity contribution is 5.95. The van der Waals surface area contributed by atoms with Gasteiger partial charge in [-0.15, -0.1) is 0 Å². The highest BCUT2D eigenvalue weighted by Crippen LogP contribution is 2.29. The molecule has 2 N–H and O–H groups in total. The molecular weight excluding hydrogens is 328 g/mol. The molecule has 0 aliphatic heterocycles. The number of aromatic nitrogens is 3. The van der Waals surface area contributed by atoms with Crippen molar-refractivity contribution in [3.05, 3.63) is 65.6 Å². The Kier molecular flexibility index (Phi) is 4.50. The average molecular weight is 350 g/mol. The Bertz CT molecular complexity index is 954. The zero-order chi connectivity index (χ0) is 18.9. The Labute approximate surface area is 152 Å². The number of benzene rings is 1. The first-order valence-corrected chi connectivity index (χ1v) is 8.38. The monoisotopic (exact) mass is 350 g/mol. The summed E-state index contributed by atoms with van der Waals surface area (Å²) >= 11 is 0. The van der Waals surface area contributed by atoms with Gasteiger partial charge < -0.3 is 10.4 Å². The van der Waals surface area contributed by atoms with Crippen LogP contribution in [0.25, 0.3) is 5.69 Å². The fraction of sp³-hybridized carbons (Fsp3) is 0.250. The van der Waals surface area contributed by atoms with Gasteiger partial charge in [0.05, 0.1) is 28.8 Å². The predicted molar refractivity (Wildman–Crippen MR) is 101 cm³/mol. The van der Waals surface area contributed by atoms with Crippen LogP contribution >= 0.6 is 0 Å². The number of hydrogen-bond donors (Lipinski definition) is 2. The van der Waals surface area contributed by atoms with Gasteiger partial charge in [0.2, 0.25) is 0 Å². The van der Waals surface area contributed by atoms with Crippen molar-refractivity contribution in [2.45, 2.75) is 33.1 Å². The number of rotatable bonds is 4. The van der Waals surface area contributed by atoms with E-state index in [4.69, 9.17) is 5.10 Å². The maximum absolute atomic E-state index is 11.5. The minimum Gasteiger partial charge on any atom is -0.478 e. The van der Waals surface area contributed by atoms with E-state index in [0.717, 1.165) is 16.9 Å². The lowest BCUT2D eigenvalue weighted by molar-refractivity contribution is 0.0698. The molecule has 0 unspecified atom stereocenters. The molecule has 0 amide bonds. The fourth-order valence-corrected chi connectivity index (χ4v) is 2.61. The topological polar surface area (TPSA) is 80.0 Å². The van der Waals surface area contributed by atoms with E-state index in [1.54, 1.807) is 41.3 Å². The molecule has 2 heterocycles. The second-order valence-electron chi connectivity index (χ2n) is 7.21. The lowest BCUT2D eigenvalue weighted by atomic mass is 9.92. The number of pyridine rings is 1. The van der Waals surface area contributed by atoms with Gasteiger partial charge in [-0.1, -0.05) is 32.9 Å². The second-order valence-corrected chi connectivity index (χ2v) is 7.21. The number of carboxylic acids is 1. The number of nitrogens with one attached hydrogen (secondary N) is 1. The third kappa shape index (κ3) is 3.44. The van der Waals surface area contributed by atoms with Crippen LogP contribution in [-0.2, 0) is 5.41 Å². The van der Waals surface area contributed by atoms with E-state index in [1.165, 1.54) is 0 Å². The van der Waals surface area contributed by atoms with Gasteiger partial charge in [-0.25, -0.2) is 9.48 Å². The molecule has 6 heteroatoms. The molecular formula is C20H22N4O2. The standard InChI is InChI=1S/C20H22N4O2/c1-13-9-10-21-12-16(13)24-18(11-17(23-24)20(2,3)4)22-15-8-6-5-7-14(15)19(25)26/h5-12,22H,1-4H3,(H,25,26). The van der Waals surface area contributed by atoms with Gasteiger partial charge in [0, 0.05) is 17.7 Å². The van der Waals surface area contributed by atoms with E-state index in [1.807, 2.05) is 19.1 Å². The molecule has 0 radical (unpaired) electrons. The van der Waals surface area contributed by atoms with E-state index < -0.39 is 5.97 Å². The van der Waals surface area contributed by atoms with Crippen molar-refractivity contribution >= 4 is 17.5 Å². The third-order valence-electron chi connectivity index (χ3n) is 4.14. The van der Waals surface area contributed by atoms with Crippen LogP contribution in [0.15, 0.2) is 48.8 Å². The van der Waals surface area contributed by atoms with Crippen LogP contribution in [0.3, 0.4) is 0 Å². The summed E-state index contributed by atoms with van der Waals surface area (Å²) in [7, 11) is 0. The van der Waals surface area contributed by atoms with Crippen molar-refractivity contribution < 1.29 is 9.90 Å². The number of nitrogens with zero attached hydrogens (tertiary/aromatic N) is 3. The van der Waals surface area contributed by atoms with E-state index in [2.05, 4.69) is 31.1 Å². The molecule has 134 valence electrons. The number of aryl methyl sites for hydroxylation is 1. The number of aromatic carboxylic acids is 1. The van der Waals surface area contributed by atoms with Crippen molar-refractivity contribution in [2.75, 3.05) is 5.32 Å². The Morgan fingerprint density at radius 2 is 1.92 bits per heavy atom. The molecule has 0 spiro atoms. The summed E-state index contributed by atoms with van der Waals surface area (Å²) in [5.74, 6) is -0.285. The smallest absolute Gasteiger partial charge is 0.337 e. The van der Waals surface area contributed by atoms with Gasteiger partial charge in [0.25, 0.3) is 0 Å². The first kappa shape index (κ1) is 17.7. The van der Waals surface area contributed by atoms with Gasteiger partial charge in [-0.2, -0.15) is 5.10 Å². The molecule has 1 aromatic carbocycles. The highest BCUT2D eigenvalue weighted by atomic mass is 16.4. The summed E-state index contributed by atoms with van der Waals surface area (Å²) in [6, 6.07) is 10.7. The fourth-order valence-electron chi connectivity index (χ4n) is 2.61. The average Bonchev–Trinajstić information content (AvgIpc) is 2.99. The second kappa shape index (κ2) is 6.63. The van der Waals surface area contributed by atoms with E-state index >= 15 is 0 Å². The minimum atomic E-state index is -0.979. The molecule has 0 aliphatic rings. The van der Waals surface area contributed by atoms with Gasteiger partial charge in [-0.3, -0.25) is 4.98 Å². The van der Waals surface area contributed by atoms with Crippen LogP contribution in [0, 0.1) is 6.92 Å².